The Morgan fingerprint density at radius 3 is 2.50 bits per heavy atom. The summed E-state index contributed by atoms with van der Waals surface area (Å²) < 4.78 is 2.25. The zero-order valence-electron chi connectivity index (χ0n) is 9.53. The van der Waals surface area contributed by atoms with Crippen molar-refractivity contribution in [3.05, 3.63) is 62.9 Å². The third-order valence-corrected chi connectivity index (χ3v) is 4.20. The largest absolute Gasteiger partial charge is 0.419 e. The molecule has 1 aliphatic heterocycles. The van der Waals surface area contributed by atoms with E-state index < -0.39 is 0 Å². The van der Waals surface area contributed by atoms with Crippen LogP contribution in [-0.2, 0) is 0 Å². The lowest BCUT2D eigenvalue weighted by molar-refractivity contribution is 1.56. The van der Waals surface area contributed by atoms with Crippen molar-refractivity contribution < 1.29 is 0 Å². The highest BCUT2D eigenvalue weighted by atomic mass is 79.9. The van der Waals surface area contributed by atoms with Gasteiger partial charge in [0.2, 0.25) is 0 Å². The number of hydrogen-bond acceptors (Lipinski definition) is 1. The minimum absolute atomic E-state index is 0.194. The lowest BCUT2D eigenvalue weighted by Crippen LogP contribution is -2.40. The molecule has 88 valence electrons. The molecular weight excluding hydrogens is 353 g/mol. The number of nitrogens with one attached hydrogen (secondary N) is 1. The van der Waals surface area contributed by atoms with Crippen molar-refractivity contribution in [2.75, 3.05) is 5.23 Å². The fourth-order valence-corrected chi connectivity index (χ4v) is 3.13. The van der Waals surface area contributed by atoms with Crippen molar-refractivity contribution in [2.24, 2.45) is 0 Å². The Hall–Kier alpha value is -0.995. The van der Waals surface area contributed by atoms with Gasteiger partial charge in [-0.3, -0.25) is 0 Å². The van der Waals surface area contributed by atoms with Gasteiger partial charge in [0.1, 0.15) is 0 Å². The Morgan fingerprint density at radius 1 is 0.944 bits per heavy atom. The predicted molar refractivity (Wildman–Crippen MR) is 86.5 cm³/mol. The molecule has 4 heteroatoms. The van der Waals surface area contributed by atoms with Gasteiger partial charge in [0.15, 0.2) is 0 Å². The van der Waals surface area contributed by atoms with Crippen molar-refractivity contribution in [1.29, 1.82) is 0 Å². The van der Waals surface area contributed by atoms with Crippen LogP contribution in [-0.4, -0.2) is 6.85 Å². The van der Waals surface area contributed by atoms with Crippen LogP contribution in [0.1, 0.15) is 5.56 Å². The van der Waals surface area contributed by atoms with Gasteiger partial charge in [-0.25, -0.2) is 0 Å². The van der Waals surface area contributed by atoms with Crippen LogP contribution in [0.5, 0.6) is 0 Å². The van der Waals surface area contributed by atoms with Gasteiger partial charge in [-0.15, -0.1) is 0 Å². The van der Waals surface area contributed by atoms with Gasteiger partial charge < -0.3 is 5.23 Å². The Bertz CT molecular complexity index is 610. The van der Waals surface area contributed by atoms with Crippen LogP contribution in [0.25, 0.3) is 6.08 Å². The first-order valence-electron chi connectivity index (χ1n) is 5.72. The molecule has 0 bridgehead atoms. The van der Waals surface area contributed by atoms with E-state index >= 15 is 0 Å². The van der Waals surface area contributed by atoms with Crippen LogP contribution in [0.15, 0.2) is 57.4 Å². The SMILES string of the molecule is BrC1=Cc2cc(Br)ccc2NB1c1ccccc1. The first-order valence-corrected chi connectivity index (χ1v) is 7.31. The van der Waals surface area contributed by atoms with Crippen molar-refractivity contribution in [1.82, 2.24) is 0 Å². The molecule has 2 aromatic rings. The zero-order chi connectivity index (χ0) is 12.5. The van der Waals surface area contributed by atoms with Crippen LogP contribution in [0.4, 0.5) is 5.69 Å². The average Bonchev–Trinajstić information content (AvgIpc) is 2.39. The molecule has 0 amide bonds. The maximum absolute atomic E-state index is 3.67. The standard InChI is InChI=1S/C14H10BBr2N/c16-12-6-7-13-10(8-12)9-14(17)15(18-13)11-4-2-1-3-5-11/h1-9,18H. The van der Waals surface area contributed by atoms with Crippen molar-refractivity contribution in [3.8, 4) is 0 Å². The lowest BCUT2D eigenvalue weighted by atomic mass is 9.54. The predicted octanol–water partition coefficient (Wildman–Crippen LogP) is 4.05. The molecule has 0 unspecified atom stereocenters. The topological polar surface area (TPSA) is 12.0 Å². The molecule has 0 fully saturated rings. The molecule has 0 spiro atoms. The average molecular weight is 363 g/mol. The molecule has 1 nitrogen and oxygen atoms in total. The molecule has 0 atom stereocenters. The van der Waals surface area contributed by atoms with Crippen molar-refractivity contribution in [2.45, 2.75) is 0 Å². The molecule has 1 heterocycles. The maximum atomic E-state index is 3.67. The minimum Gasteiger partial charge on any atom is -0.419 e. The quantitative estimate of drug-likeness (QED) is 0.755. The van der Waals surface area contributed by atoms with Crippen LogP contribution in [0, 0.1) is 0 Å². The second kappa shape index (κ2) is 4.94. The molecule has 0 aliphatic carbocycles. The second-order valence-corrected chi connectivity index (χ2v) is 6.08. The summed E-state index contributed by atoms with van der Waals surface area (Å²) in [6.45, 7) is 0.194. The summed E-state index contributed by atoms with van der Waals surface area (Å²) in [5.41, 5.74) is 3.62. The summed E-state index contributed by atoms with van der Waals surface area (Å²) in [4.78, 5) is 0. The summed E-state index contributed by atoms with van der Waals surface area (Å²) in [6, 6.07) is 16.7. The molecular formula is C14H10BBr2N. The van der Waals surface area contributed by atoms with Gasteiger partial charge in [0, 0.05) is 10.2 Å². The summed E-state index contributed by atoms with van der Waals surface area (Å²) in [5.74, 6) is 0. The van der Waals surface area contributed by atoms with Crippen LogP contribution >= 0.6 is 31.9 Å². The number of fused-ring (bicyclic) bond motifs is 1. The fourth-order valence-electron chi connectivity index (χ4n) is 2.13. The highest BCUT2D eigenvalue weighted by molar-refractivity contribution is 9.12. The minimum atomic E-state index is 0.194. The van der Waals surface area contributed by atoms with Gasteiger partial charge in [-0.1, -0.05) is 67.7 Å². The van der Waals surface area contributed by atoms with Gasteiger partial charge in [0.25, 0.3) is 0 Å². The molecule has 0 radical (unpaired) electrons. The Morgan fingerprint density at radius 2 is 1.72 bits per heavy atom. The first-order chi connectivity index (χ1) is 8.74. The summed E-state index contributed by atoms with van der Waals surface area (Å²) in [6.07, 6.45) is 2.17. The highest BCUT2D eigenvalue weighted by Crippen LogP contribution is 2.30. The number of anilines is 1. The van der Waals surface area contributed by atoms with E-state index in [1.54, 1.807) is 0 Å². The van der Waals surface area contributed by atoms with Crippen LogP contribution in [0.2, 0.25) is 0 Å². The van der Waals surface area contributed by atoms with Gasteiger partial charge >= 0.3 is 6.85 Å². The maximum Gasteiger partial charge on any atom is 0.328 e. The molecule has 3 rings (SSSR count). The Kier molecular flexibility index (Phi) is 3.31. The van der Waals surface area contributed by atoms with Crippen molar-refractivity contribution in [3.63, 3.8) is 0 Å². The van der Waals surface area contributed by atoms with E-state index in [2.05, 4.69) is 85.6 Å². The van der Waals surface area contributed by atoms with Crippen molar-refractivity contribution >= 4 is 55.9 Å². The summed E-state index contributed by atoms with van der Waals surface area (Å²) in [7, 11) is 0. The van der Waals surface area contributed by atoms with Crippen LogP contribution < -0.4 is 10.7 Å². The third-order valence-electron chi connectivity index (χ3n) is 3.02. The van der Waals surface area contributed by atoms with Gasteiger partial charge in [-0.05, 0) is 34.2 Å². The molecule has 0 aromatic heterocycles. The summed E-state index contributed by atoms with van der Waals surface area (Å²) in [5, 5.41) is 3.55. The molecule has 2 aromatic carbocycles. The number of halogens is 2. The number of benzene rings is 2. The van der Waals surface area contributed by atoms with E-state index in [4.69, 9.17) is 0 Å². The van der Waals surface area contributed by atoms with E-state index in [-0.39, 0.29) is 6.85 Å². The van der Waals surface area contributed by atoms with Gasteiger partial charge in [0.05, 0.1) is 0 Å². The lowest BCUT2D eigenvalue weighted by Gasteiger charge is -2.23. The molecule has 1 N–H and O–H groups in total. The van der Waals surface area contributed by atoms with E-state index in [0.717, 1.165) is 14.5 Å². The Labute approximate surface area is 124 Å². The van der Waals surface area contributed by atoms with E-state index in [1.165, 1.54) is 11.0 Å². The zero-order valence-corrected chi connectivity index (χ0v) is 12.7. The number of rotatable bonds is 1. The van der Waals surface area contributed by atoms with E-state index in [0.29, 0.717) is 0 Å². The fraction of sp³-hybridized carbons (Fsp3) is 0. The summed E-state index contributed by atoms with van der Waals surface area (Å²) >= 11 is 7.17. The molecule has 0 saturated heterocycles. The number of hydrogen-bond donors (Lipinski definition) is 1. The second-order valence-electron chi connectivity index (χ2n) is 4.25. The van der Waals surface area contributed by atoms with Crippen LogP contribution in [0.3, 0.4) is 0 Å². The Balaban J connectivity index is 2.02. The molecule has 18 heavy (non-hydrogen) atoms. The monoisotopic (exact) mass is 361 g/mol. The third kappa shape index (κ3) is 2.27. The van der Waals surface area contributed by atoms with E-state index in [1.807, 2.05) is 6.07 Å². The normalized spacial score (nSPS) is 13.7. The molecule has 0 saturated carbocycles. The molecule has 1 aliphatic rings. The first kappa shape index (κ1) is 12.1. The van der Waals surface area contributed by atoms with Gasteiger partial charge in [-0.2, -0.15) is 0 Å². The smallest absolute Gasteiger partial charge is 0.328 e. The highest BCUT2D eigenvalue weighted by Gasteiger charge is 2.25. The van der Waals surface area contributed by atoms with E-state index in [9.17, 15) is 0 Å².